The van der Waals surface area contributed by atoms with E-state index in [1.807, 2.05) is 0 Å². The first-order valence-corrected chi connectivity index (χ1v) is 11.2. The fraction of sp³-hybridized carbons (Fsp3) is 0.357. The summed E-state index contributed by atoms with van der Waals surface area (Å²) >= 11 is 0. The molecule has 0 radical (unpaired) electrons. The van der Waals surface area contributed by atoms with Crippen molar-refractivity contribution in [3.05, 3.63) is 101 Å². The lowest BCUT2D eigenvalue weighted by atomic mass is 9.98. The van der Waals surface area contributed by atoms with E-state index in [0.717, 1.165) is 49.7 Å². The van der Waals surface area contributed by atoms with Crippen molar-refractivity contribution in [1.29, 1.82) is 0 Å². The van der Waals surface area contributed by atoms with Crippen LogP contribution in [-0.4, -0.2) is 5.11 Å². The first kappa shape index (κ1) is 21.2. The van der Waals surface area contributed by atoms with Crippen LogP contribution in [0.25, 0.3) is 0 Å². The second kappa shape index (κ2) is 12.1. The van der Waals surface area contributed by atoms with Crippen LogP contribution < -0.4 is 0 Å². The monoisotopic (exact) mass is 386 g/mol. The molecule has 0 heterocycles. The zero-order valence-electron chi connectivity index (χ0n) is 17.5. The van der Waals surface area contributed by atoms with Gasteiger partial charge in [-0.3, -0.25) is 0 Å². The number of benzene rings is 3. The van der Waals surface area contributed by atoms with Crippen LogP contribution in [0.1, 0.15) is 60.8 Å². The highest BCUT2D eigenvalue weighted by Gasteiger charge is 2.07. The number of para-hydroxylation sites is 1. The molecule has 0 saturated carbocycles. The summed E-state index contributed by atoms with van der Waals surface area (Å²) in [7, 11) is 0. The Morgan fingerprint density at radius 1 is 0.414 bits per heavy atom. The smallest absolute Gasteiger partial charge is 0.121 e. The standard InChI is InChI=1S/C28H34O/c29-28-26(20-11-3-9-18-24-14-5-1-6-15-24)22-13-23-27(28)21-12-4-10-19-25-16-7-2-8-17-25/h1-2,5-8,13-17,22-23,29H,3-4,9-12,18-21H2. The van der Waals surface area contributed by atoms with E-state index < -0.39 is 0 Å². The highest BCUT2D eigenvalue weighted by Crippen LogP contribution is 2.26. The van der Waals surface area contributed by atoms with E-state index in [4.69, 9.17) is 0 Å². The third-order valence-corrected chi connectivity index (χ3v) is 5.71. The zero-order chi connectivity index (χ0) is 20.2. The van der Waals surface area contributed by atoms with E-state index in [1.165, 1.54) is 36.8 Å². The Bertz CT molecular complexity index is 756. The van der Waals surface area contributed by atoms with E-state index in [0.29, 0.717) is 5.75 Å². The Kier molecular flexibility index (Phi) is 8.85. The third kappa shape index (κ3) is 7.42. The van der Waals surface area contributed by atoms with Gasteiger partial charge in [0, 0.05) is 0 Å². The van der Waals surface area contributed by atoms with Crippen molar-refractivity contribution in [1.82, 2.24) is 0 Å². The maximum Gasteiger partial charge on any atom is 0.121 e. The summed E-state index contributed by atoms with van der Waals surface area (Å²) in [5.74, 6) is 0.540. The highest BCUT2D eigenvalue weighted by atomic mass is 16.3. The fourth-order valence-corrected chi connectivity index (χ4v) is 3.98. The first-order chi connectivity index (χ1) is 14.3. The average Bonchev–Trinajstić information content (AvgIpc) is 2.77. The van der Waals surface area contributed by atoms with Crippen LogP contribution >= 0.6 is 0 Å². The van der Waals surface area contributed by atoms with E-state index in [-0.39, 0.29) is 0 Å². The van der Waals surface area contributed by atoms with Crippen LogP contribution in [0, 0.1) is 0 Å². The molecule has 1 N–H and O–H groups in total. The molecule has 29 heavy (non-hydrogen) atoms. The van der Waals surface area contributed by atoms with Crippen molar-refractivity contribution in [2.75, 3.05) is 0 Å². The average molecular weight is 387 g/mol. The Balaban J connectivity index is 1.35. The van der Waals surface area contributed by atoms with Gasteiger partial charge in [0.25, 0.3) is 0 Å². The number of unbranched alkanes of at least 4 members (excludes halogenated alkanes) is 4. The lowest BCUT2D eigenvalue weighted by Crippen LogP contribution is -1.94. The second-order valence-electron chi connectivity index (χ2n) is 8.02. The summed E-state index contributed by atoms with van der Waals surface area (Å²) < 4.78 is 0. The number of aryl methyl sites for hydroxylation is 4. The lowest BCUT2D eigenvalue weighted by Gasteiger charge is -2.10. The molecule has 0 atom stereocenters. The second-order valence-corrected chi connectivity index (χ2v) is 8.02. The molecular formula is C28H34O. The summed E-state index contributed by atoms with van der Waals surface area (Å²) in [6, 6.07) is 27.7. The summed E-state index contributed by atoms with van der Waals surface area (Å²) in [6.45, 7) is 0. The van der Waals surface area contributed by atoms with Gasteiger partial charge < -0.3 is 5.11 Å². The molecule has 0 spiro atoms. The zero-order valence-corrected chi connectivity index (χ0v) is 17.5. The van der Waals surface area contributed by atoms with Crippen LogP contribution in [-0.2, 0) is 25.7 Å². The minimum absolute atomic E-state index is 0.540. The number of phenols is 1. The molecule has 3 aromatic rings. The van der Waals surface area contributed by atoms with E-state index >= 15 is 0 Å². The molecule has 0 saturated heterocycles. The van der Waals surface area contributed by atoms with Gasteiger partial charge in [-0.1, -0.05) is 91.7 Å². The predicted molar refractivity (Wildman–Crippen MR) is 124 cm³/mol. The number of phenolic OH excluding ortho intramolecular Hbond substituents is 1. The largest absolute Gasteiger partial charge is 0.507 e. The number of aromatic hydroxyl groups is 1. The minimum Gasteiger partial charge on any atom is -0.507 e. The van der Waals surface area contributed by atoms with Gasteiger partial charge in [0.05, 0.1) is 0 Å². The normalized spacial score (nSPS) is 10.9. The molecule has 0 aliphatic carbocycles. The molecule has 3 aromatic carbocycles. The van der Waals surface area contributed by atoms with Crippen molar-refractivity contribution in [2.45, 2.75) is 64.2 Å². The van der Waals surface area contributed by atoms with Gasteiger partial charge in [-0.15, -0.1) is 0 Å². The number of hydrogen-bond acceptors (Lipinski definition) is 1. The molecular weight excluding hydrogens is 352 g/mol. The predicted octanol–water partition coefficient (Wildman–Crippen LogP) is 7.30. The summed E-state index contributed by atoms with van der Waals surface area (Å²) in [5, 5.41) is 10.7. The van der Waals surface area contributed by atoms with Crippen LogP contribution in [0.5, 0.6) is 5.75 Å². The van der Waals surface area contributed by atoms with Gasteiger partial charge in [0.1, 0.15) is 5.75 Å². The van der Waals surface area contributed by atoms with Crippen molar-refractivity contribution in [2.24, 2.45) is 0 Å². The summed E-state index contributed by atoms with van der Waals surface area (Å²) in [4.78, 5) is 0. The Hall–Kier alpha value is -2.54. The highest BCUT2D eigenvalue weighted by molar-refractivity contribution is 5.40. The molecule has 0 fully saturated rings. The molecule has 0 amide bonds. The van der Waals surface area contributed by atoms with Crippen molar-refractivity contribution >= 4 is 0 Å². The van der Waals surface area contributed by atoms with E-state index in [9.17, 15) is 5.11 Å². The molecule has 3 rings (SSSR count). The quantitative estimate of drug-likeness (QED) is 0.324. The Morgan fingerprint density at radius 3 is 1.28 bits per heavy atom. The third-order valence-electron chi connectivity index (χ3n) is 5.71. The van der Waals surface area contributed by atoms with Crippen LogP contribution in [0.2, 0.25) is 0 Å². The van der Waals surface area contributed by atoms with Crippen molar-refractivity contribution < 1.29 is 5.11 Å². The van der Waals surface area contributed by atoms with E-state index in [1.54, 1.807) is 0 Å². The summed E-state index contributed by atoms with van der Waals surface area (Å²) in [5.41, 5.74) is 5.08. The molecule has 0 bridgehead atoms. The SMILES string of the molecule is Oc1c(CCCCCc2ccccc2)cccc1CCCCCc1ccccc1. The Morgan fingerprint density at radius 2 is 0.828 bits per heavy atom. The fourth-order valence-electron chi connectivity index (χ4n) is 3.98. The van der Waals surface area contributed by atoms with E-state index in [2.05, 4.69) is 78.9 Å². The maximum atomic E-state index is 10.7. The topological polar surface area (TPSA) is 20.2 Å². The van der Waals surface area contributed by atoms with Gasteiger partial charge >= 0.3 is 0 Å². The Labute approximate surface area is 176 Å². The van der Waals surface area contributed by atoms with Crippen molar-refractivity contribution in [3.8, 4) is 5.75 Å². The minimum atomic E-state index is 0.540. The lowest BCUT2D eigenvalue weighted by molar-refractivity contribution is 0.457. The summed E-state index contributed by atoms with van der Waals surface area (Å²) in [6.07, 6.45) is 11.4. The molecule has 0 aromatic heterocycles. The molecule has 1 heteroatoms. The van der Waals surface area contributed by atoms with Crippen LogP contribution in [0.3, 0.4) is 0 Å². The van der Waals surface area contributed by atoms with Gasteiger partial charge in [-0.25, -0.2) is 0 Å². The molecule has 0 unspecified atom stereocenters. The number of hydrogen-bond donors (Lipinski definition) is 1. The van der Waals surface area contributed by atoms with Crippen LogP contribution in [0.4, 0.5) is 0 Å². The first-order valence-electron chi connectivity index (χ1n) is 11.2. The maximum absolute atomic E-state index is 10.7. The molecule has 0 aliphatic heterocycles. The van der Waals surface area contributed by atoms with Gasteiger partial charge in [-0.2, -0.15) is 0 Å². The van der Waals surface area contributed by atoms with Gasteiger partial charge in [-0.05, 0) is 73.6 Å². The van der Waals surface area contributed by atoms with Gasteiger partial charge in [0.2, 0.25) is 0 Å². The van der Waals surface area contributed by atoms with Crippen LogP contribution in [0.15, 0.2) is 78.9 Å². The molecule has 0 aliphatic rings. The molecule has 152 valence electrons. The number of rotatable bonds is 12. The van der Waals surface area contributed by atoms with Gasteiger partial charge in [0.15, 0.2) is 0 Å². The molecule has 1 nitrogen and oxygen atoms in total. The van der Waals surface area contributed by atoms with Crippen molar-refractivity contribution in [3.63, 3.8) is 0 Å².